The van der Waals surface area contributed by atoms with E-state index in [2.05, 4.69) is 21.3 Å². The van der Waals surface area contributed by atoms with E-state index in [0.717, 1.165) is 58.8 Å². The second-order valence-corrected chi connectivity index (χ2v) is 15.8. The summed E-state index contributed by atoms with van der Waals surface area (Å²) in [6.07, 6.45) is 27.7. The minimum atomic E-state index is 0.338. The Labute approximate surface area is 243 Å². The molecule has 0 saturated heterocycles. The number of hydrogen-bond acceptors (Lipinski definition) is 2. The predicted molar refractivity (Wildman–Crippen MR) is 166 cm³/mol. The van der Waals surface area contributed by atoms with Gasteiger partial charge in [0.15, 0.2) is 10.2 Å². The molecular formula is C32H54N4S2. The molecule has 4 N–H and O–H groups in total. The van der Waals surface area contributed by atoms with Crippen molar-refractivity contribution in [3.8, 4) is 0 Å². The van der Waals surface area contributed by atoms with Crippen molar-refractivity contribution in [3.05, 3.63) is 0 Å². The average Bonchev–Trinajstić information content (AvgIpc) is 2.82. The van der Waals surface area contributed by atoms with E-state index in [-0.39, 0.29) is 0 Å². The number of unbranched alkanes of at least 4 members (excludes halogenated alkanes) is 7. The van der Waals surface area contributed by atoms with E-state index in [4.69, 9.17) is 24.4 Å². The lowest BCUT2D eigenvalue weighted by Crippen LogP contribution is -2.61. The molecule has 8 saturated carbocycles. The summed E-state index contributed by atoms with van der Waals surface area (Å²) in [5, 5.41) is 16.5. The third kappa shape index (κ3) is 6.81. The highest BCUT2D eigenvalue weighted by Gasteiger charge is 2.52. The molecule has 0 aromatic rings. The van der Waals surface area contributed by atoms with Crippen molar-refractivity contribution in [1.29, 1.82) is 0 Å². The van der Waals surface area contributed by atoms with Crippen LogP contribution in [0.2, 0.25) is 0 Å². The zero-order valence-electron chi connectivity index (χ0n) is 23.8. The lowest BCUT2D eigenvalue weighted by atomic mass is 9.53. The van der Waals surface area contributed by atoms with Crippen LogP contribution in [0.1, 0.15) is 128 Å². The van der Waals surface area contributed by atoms with Gasteiger partial charge in [0.2, 0.25) is 0 Å². The van der Waals surface area contributed by atoms with Crippen molar-refractivity contribution >= 4 is 34.7 Å². The maximum absolute atomic E-state index is 5.70. The van der Waals surface area contributed by atoms with Gasteiger partial charge in [-0.2, -0.15) is 0 Å². The van der Waals surface area contributed by atoms with Gasteiger partial charge >= 0.3 is 0 Å². The molecule has 8 fully saturated rings. The maximum Gasteiger partial charge on any atom is 0.166 e. The Kier molecular flexibility index (Phi) is 8.76. The lowest BCUT2D eigenvalue weighted by Gasteiger charge is -2.57. The topological polar surface area (TPSA) is 48.1 Å². The standard InChI is InChI=1S/C32H54N4S2/c37-29(35-31-17-23-11-24(18-31)13-25(12-23)19-31)33-9-7-5-3-1-2-4-6-8-10-34-30(38)36-32-20-26-14-27(21-32)16-28(15-26)22-32/h23-28H,1-22H2,(H2,33,35,37)(H2,34,36,38). The first-order valence-electron chi connectivity index (χ1n) is 16.6. The molecule has 8 bridgehead atoms. The van der Waals surface area contributed by atoms with Crippen molar-refractivity contribution in [2.24, 2.45) is 35.5 Å². The molecule has 6 heteroatoms. The van der Waals surface area contributed by atoms with E-state index in [1.807, 2.05) is 0 Å². The molecule has 8 aliphatic rings. The minimum Gasteiger partial charge on any atom is -0.363 e. The van der Waals surface area contributed by atoms with Crippen LogP contribution in [0.4, 0.5) is 0 Å². The summed E-state index contributed by atoms with van der Waals surface area (Å²) in [7, 11) is 0. The maximum atomic E-state index is 5.70. The van der Waals surface area contributed by atoms with E-state index in [1.54, 1.807) is 0 Å². The van der Waals surface area contributed by atoms with Gasteiger partial charge < -0.3 is 21.3 Å². The molecule has 38 heavy (non-hydrogen) atoms. The van der Waals surface area contributed by atoms with Crippen molar-refractivity contribution in [3.63, 3.8) is 0 Å². The van der Waals surface area contributed by atoms with Crippen molar-refractivity contribution < 1.29 is 0 Å². The van der Waals surface area contributed by atoms with Crippen LogP contribution in [0.25, 0.3) is 0 Å². The normalized spacial score (nSPS) is 39.8. The van der Waals surface area contributed by atoms with Gasteiger partial charge in [0.25, 0.3) is 0 Å². The van der Waals surface area contributed by atoms with Crippen LogP contribution in [-0.4, -0.2) is 34.4 Å². The van der Waals surface area contributed by atoms with E-state index >= 15 is 0 Å². The zero-order valence-corrected chi connectivity index (χ0v) is 25.5. The van der Waals surface area contributed by atoms with Crippen molar-refractivity contribution in [2.45, 2.75) is 139 Å². The molecule has 0 amide bonds. The molecule has 0 radical (unpaired) electrons. The fraction of sp³-hybridized carbons (Fsp3) is 0.938. The van der Waals surface area contributed by atoms with Gasteiger partial charge in [0, 0.05) is 24.2 Å². The molecule has 0 atom stereocenters. The predicted octanol–water partition coefficient (Wildman–Crippen LogP) is 6.97. The van der Waals surface area contributed by atoms with Crippen molar-refractivity contribution in [2.75, 3.05) is 13.1 Å². The van der Waals surface area contributed by atoms with Gasteiger partial charge in [0.1, 0.15) is 0 Å². The first-order chi connectivity index (χ1) is 18.5. The summed E-state index contributed by atoms with van der Waals surface area (Å²) < 4.78 is 0. The molecule has 0 unspecified atom stereocenters. The van der Waals surface area contributed by atoms with Gasteiger partial charge in [-0.25, -0.2) is 0 Å². The summed E-state index contributed by atoms with van der Waals surface area (Å²) in [5.74, 6) is 5.82. The Morgan fingerprint density at radius 1 is 0.447 bits per heavy atom. The van der Waals surface area contributed by atoms with Gasteiger partial charge in [-0.1, -0.05) is 38.5 Å². The van der Waals surface area contributed by atoms with Crippen molar-refractivity contribution in [1.82, 2.24) is 21.3 Å². The van der Waals surface area contributed by atoms with Crippen LogP contribution in [0.15, 0.2) is 0 Å². The lowest BCUT2D eigenvalue weighted by molar-refractivity contribution is -0.0103. The molecule has 8 aliphatic carbocycles. The Morgan fingerprint density at radius 2 is 0.711 bits per heavy atom. The fourth-order valence-corrected chi connectivity index (χ4v) is 11.4. The van der Waals surface area contributed by atoms with Gasteiger partial charge in [-0.3, -0.25) is 0 Å². The van der Waals surface area contributed by atoms with Crippen LogP contribution in [0, 0.1) is 35.5 Å². The Bertz CT molecular complexity index is 703. The first kappa shape index (κ1) is 27.5. The van der Waals surface area contributed by atoms with Crippen LogP contribution >= 0.6 is 24.4 Å². The van der Waals surface area contributed by atoms with Crippen LogP contribution in [0.5, 0.6) is 0 Å². The Hall–Kier alpha value is -0.620. The first-order valence-corrected chi connectivity index (χ1v) is 17.4. The summed E-state index contributed by atoms with van der Waals surface area (Å²) in [6.45, 7) is 2.06. The van der Waals surface area contributed by atoms with Crippen LogP contribution in [-0.2, 0) is 0 Å². The second-order valence-electron chi connectivity index (χ2n) is 15.0. The third-order valence-electron chi connectivity index (χ3n) is 11.5. The highest BCUT2D eigenvalue weighted by Crippen LogP contribution is 2.56. The minimum absolute atomic E-state index is 0.338. The molecule has 4 nitrogen and oxygen atoms in total. The Morgan fingerprint density at radius 3 is 1.00 bits per heavy atom. The summed E-state index contributed by atoms with van der Waals surface area (Å²) in [5.41, 5.74) is 0.675. The Balaban J connectivity index is 0.738. The number of nitrogens with one attached hydrogen (secondary N) is 4. The zero-order chi connectivity index (χ0) is 26.0. The van der Waals surface area contributed by atoms with Gasteiger partial charge in [0.05, 0.1) is 0 Å². The summed E-state index contributed by atoms with van der Waals surface area (Å²) in [6, 6.07) is 0. The smallest absolute Gasteiger partial charge is 0.166 e. The quantitative estimate of drug-likeness (QED) is 0.145. The number of hydrogen-bond donors (Lipinski definition) is 4. The molecule has 0 aromatic carbocycles. The summed E-state index contributed by atoms with van der Waals surface area (Å²) in [4.78, 5) is 0. The average molecular weight is 559 g/mol. The third-order valence-corrected chi connectivity index (χ3v) is 12.0. The summed E-state index contributed by atoms with van der Waals surface area (Å²) >= 11 is 11.4. The number of thiocarbonyl (C=S) groups is 2. The molecule has 0 aliphatic heterocycles. The van der Waals surface area contributed by atoms with Gasteiger partial charge in [-0.15, -0.1) is 0 Å². The highest BCUT2D eigenvalue weighted by molar-refractivity contribution is 7.80. The van der Waals surface area contributed by atoms with E-state index in [9.17, 15) is 0 Å². The van der Waals surface area contributed by atoms with Crippen LogP contribution < -0.4 is 21.3 Å². The molecule has 8 rings (SSSR count). The SMILES string of the molecule is S=C(NCCCCCCCCCCNC(=S)NC12CC3CC(CC(C3)C1)C2)NC12CC3CC(CC(C3)C1)C2. The molecular weight excluding hydrogens is 505 g/mol. The molecule has 0 spiro atoms. The largest absolute Gasteiger partial charge is 0.363 e. The van der Waals surface area contributed by atoms with E-state index < -0.39 is 0 Å². The van der Waals surface area contributed by atoms with E-state index in [1.165, 1.54) is 128 Å². The van der Waals surface area contributed by atoms with E-state index in [0.29, 0.717) is 11.1 Å². The molecule has 0 heterocycles. The fourth-order valence-electron chi connectivity index (χ4n) is 10.8. The highest BCUT2D eigenvalue weighted by atomic mass is 32.1. The molecule has 214 valence electrons. The second kappa shape index (κ2) is 12.1. The van der Waals surface area contributed by atoms with Gasteiger partial charge in [-0.05, 0) is 150 Å². The number of rotatable bonds is 13. The monoisotopic (exact) mass is 558 g/mol. The van der Waals surface area contributed by atoms with Crippen LogP contribution in [0.3, 0.4) is 0 Å². The molecule has 0 aromatic heterocycles.